The van der Waals surface area contributed by atoms with Gasteiger partial charge in [0.1, 0.15) is 0 Å². The molecule has 0 saturated carbocycles. The summed E-state index contributed by atoms with van der Waals surface area (Å²) in [7, 11) is -6.67. The summed E-state index contributed by atoms with van der Waals surface area (Å²) in [4.78, 5) is 0. The molecule has 2 aliphatic rings. The van der Waals surface area contributed by atoms with Gasteiger partial charge in [0, 0.05) is 0 Å². The summed E-state index contributed by atoms with van der Waals surface area (Å²) in [6.07, 6.45) is -27.5. The monoisotopic (exact) mass is 779 g/mol. The van der Waals surface area contributed by atoms with Crippen LogP contribution < -0.4 is 15.7 Å². The number of halogens is 14. The van der Waals surface area contributed by atoms with Gasteiger partial charge in [-0.3, -0.25) is 0 Å². The molecule has 0 bridgehead atoms. The third-order valence-corrected chi connectivity index (χ3v) is 14.6. The second-order valence-corrected chi connectivity index (χ2v) is 16.5. The van der Waals surface area contributed by atoms with Crippen LogP contribution in [0.4, 0.5) is 52.7 Å². The van der Waals surface area contributed by atoms with Crippen LogP contribution in [-0.2, 0) is 25.9 Å². The molecule has 4 aromatic rings. The van der Waals surface area contributed by atoms with E-state index in [-0.39, 0.29) is 27.2 Å². The van der Waals surface area contributed by atoms with Gasteiger partial charge in [-0.15, -0.1) is 0 Å². The van der Waals surface area contributed by atoms with Crippen molar-refractivity contribution in [3.8, 4) is 0 Å². The number of fused-ring (bicyclic) bond motifs is 2. The second kappa shape index (κ2) is 11.0. The van der Waals surface area contributed by atoms with Gasteiger partial charge in [0.2, 0.25) is 0 Å². The zero-order chi connectivity index (χ0) is 37.0. The molecule has 18 heteroatoms. The molecule has 50 heavy (non-hydrogen) atoms. The Morgan fingerprint density at radius 1 is 0.560 bits per heavy atom. The van der Waals surface area contributed by atoms with Crippen LogP contribution in [0.3, 0.4) is 0 Å². The molecule has 0 aliphatic carbocycles. The zero-order valence-electron chi connectivity index (χ0n) is 24.4. The molecule has 6 rings (SSSR count). The van der Waals surface area contributed by atoms with Crippen molar-refractivity contribution in [1.82, 2.24) is 0 Å². The maximum absolute atomic E-state index is 15.1. The molecule has 0 radical (unpaired) electrons. The first-order valence-corrected chi connectivity index (χ1v) is 17.1. The fourth-order valence-electron chi connectivity index (χ4n) is 6.87. The van der Waals surface area contributed by atoms with Gasteiger partial charge in [0.15, 0.2) is 0 Å². The van der Waals surface area contributed by atoms with Gasteiger partial charge in [-0.25, -0.2) is 0 Å². The van der Waals surface area contributed by atoms with E-state index in [0.29, 0.717) is 24.3 Å². The van der Waals surface area contributed by atoms with Crippen molar-refractivity contribution in [2.24, 2.45) is 0 Å². The van der Waals surface area contributed by atoms with E-state index in [1.807, 2.05) is 0 Å². The summed E-state index contributed by atoms with van der Waals surface area (Å²) in [5.41, 5.74) is -17.6. The fraction of sp³-hybridized carbons (Fsp3) is 0.250. The third-order valence-electron chi connectivity index (χ3n) is 8.95. The van der Waals surface area contributed by atoms with Crippen LogP contribution in [0.2, 0.25) is 10.0 Å². The number of alkyl halides is 12. The average molecular weight is 780 g/mol. The predicted molar refractivity (Wildman–Crippen MR) is 157 cm³/mol. The molecular formula is C32H18Cl2F12O3P-. The molecule has 1 saturated heterocycles. The summed E-state index contributed by atoms with van der Waals surface area (Å²) in [6.45, 7) is 0. The van der Waals surface area contributed by atoms with Crippen molar-refractivity contribution in [3.05, 3.63) is 129 Å². The van der Waals surface area contributed by atoms with Gasteiger partial charge in [-0.2, -0.15) is 0 Å². The normalized spacial score (nSPS) is 20.4. The molecule has 0 unspecified atom stereocenters. The molecule has 3 nitrogen and oxygen atoms in total. The number of hydrogen-bond donors (Lipinski definition) is 0. The van der Waals surface area contributed by atoms with Crippen LogP contribution in [-0.4, -0.2) is 30.9 Å². The van der Waals surface area contributed by atoms with Crippen molar-refractivity contribution < 1.29 is 66.8 Å². The van der Waals surface area contributed by atoms with E-state index in [1.165, 1.54) is 48.5 Å². The Hall–Kier alpha value is -3.07. The summed E-state index contributed by atoms with van der Waals surface area (Å²) in [5, 5.41) is 10.9. The number of benzene rings is 4. The van der Waals surface area contributed by atoms with Crippen molar-refractivity contribution in [1.29, 1.82) is 0 Å². The molecule has 0 aromatic heterocycles. The number of rotatable bonds is 4. The minimum atomic E-state index is -6.72. The summed E-state index contributed by atoms with van der Waals surface area (Å²) in [5.74, 6) is 0. The Labute approximate surface area is 284 Å². The summed E-state index contributed by atoms with van der Waals surface area (Å²) in [6, 6.07) is 14.5. The van der Waals surface area contributed by atoms with Gasteiger partial charge in [0.05, 0.1) is 0 Å². The number of hydrogen-bond acceptors (Lipinski definition) is 3. The van der Waals surface area contributed by atoms with Gasteiger partial charge in [-0.05, 0) is 0 Å². The van der Waals surface area contributed by atoms with E-state index >= 15 is 26.3 Å². The Morgan fingerprint density at radius 3 is 1.38 bits per heavy atom. The molecule has 2 aliphatic heterocycles. The van der Waals surface area contributed by atoms with Crippen molar-refractivity contribution >= 4 is 40.9 Å². The topological polar surface area (TPSA) is 41.5 Å². The van der Waals surface area contributed by atoms with Crippen molar-refractivity contribution in [2.45, 2.75) is 41.5 Å². The molecule has 4 aromatic carbocycles. The van der Waals surface area contributed by atoms with Gasteiger partial charge >= 0.3 is 285 Å². The first-order chi connectivity index (χ1) is 22.9. The van der Waals surface area contributed by atoms with Crippen molar-refractivity contribution in [3.63, 3.8) is 0 Å². The maximum atomic E-state index is 15.1. The van der Waals surface area contributed by atoms with E-state index in [1.54, 1.807) is 0 Å². The van der Waals surface area contributed by atoms with E-state index in [0.717, 1.165) is 18.2 Å². The van der Waals surface area contributed by atoms with Gasteiger partial charge in [0.25, 0.3) is 0 Å². The SMILES string of the molecule is [O-]C(c1ccccc1P12(CC(c3ccc(Cl)cc3)(c3ccc(Cl)cc3)O1)OC(C(F)(F)F)(C(F)(F)F)c1ccccc12)(C(F)(F)F)C(F)(F)F. The van der Waals surface area contributed by atoms with Crippen LogP contribution in [0.1, 0.15) is 22.3 Å². The first-order valence-electron chi connectivity index (χ1n) is 14.0. The van der Waals surface area contributed by atoms with Crippen LogP contribution >= 0.6 is 30.3 Å². The molecule has 0 atom stereocenters. The summed E-state index contributed by atoms with van der Waals surface area (Å²) >= 11 is 12.0. The van der Waals surface area contributed by atoms with Crippen LogP contribution in [0, 0.1) is 0 Å². The van der Waals surface area contributed by atoms with Gasteiger partial charge in [-0.1, -0.05) is 0 Å². The first kappa shape index (κ1) is 36.7. The molecule has 1 spiro atoms. The van der Waals surface area contributed by atoms with E-state index in [9.17, 15) is 31.4 Å². The molecule has 2 heterocycles. The second-order valence-electron chi connectivity index (χ2n) is 11.7. The minimum absolute atomic E-state index is 0.0328. The van der Waals surface area contributed by atoms with Crippen molar-refractivity contribution in [2.75, 3.05) is 6.16 Å². The molecule has 0 N–H and O–H groups in total. The zero-order valence-corrected chi connectivity index (χ0v) is 26.8. The predicted octanol–water partition coefficient (Wildman–Crippen LogP) is 9.33. The van der Waals surface area contributed by atoms with E-state index in [2.05, 4.69) is 0 Å². The Kier molecular flexibility index (Phi) is 8.06. The van der Waals surface area contributed by atoms with Crippen LogP contribution in [0.15, 0.2) is 97.1 Å². The molecule has 0 amide bonds. The van der Waals surface area contributed by atoms with Gasteiger partial charge < -0.3 is 0 Å². The fourth-order valence-corrected chi connectivity index (χ4v) is 13.3. The molecular weight excluding hydrogens is 762 g/mol. The van der Waals surface area contributed by atoms with E-state index < -0.39 is 76.5 Å². The van der Waals surface area contributed by atoms with Crippen LogP contribution in [0.25, 0.3) is 0 Å². The van der Waals surface area contributed by atoms with Crippen LogP contribution in [0.5, 0.6) is 0 Å². The third kappa shape index (κ3) is 4.69. The Morgan fingerprint density at radius 2 is 0.960 bits per heavy atom. The standard InChI is InChI=1S/C32H18Cl2F12O3P/c33-20-13-9-18(10-14-20)26(19-11-15-21(34)16-12-19)17-50(48-26,24-7-3-1-5-22(24)27(47,29(35,36)37)30(38,39)40)25-8-4-2-6-23(25)28(49-50,31(41,42)43)32(44,45)46/h1-16H,17H2/q-1. The molecule has 1 fully saturated rings. The Bertz CT molecular complexity index is 1870. The summed E-state index contributed by atoms with van der Waals surface area (Å²) < 4.78 is 189. The quantitative estimate of drug-likeness (QED) is 0.153. The molecule has 268 valence electrons. The average Bonchev–Trinajstić information content (AvgIpc) is 3.30. The Balaban J connectivity index is 1.81. The van der Waals surface area contributed by atoms with E-state index in [4.69, 9.17) is 32.2 Å².